The molecule has 0 aliphatic carbocycles. The summed E-state index contributed by atoms with van der Waals surface area (Å²) in [6, 6.07) is 12.6. The molecule has 2 aromatic carbocycles. The molecule has 0 radical (unpaired) electrons. The molecule has 0 fully saturated rings. The van der Waals surface area contributed by atoms with E-state index in [0.29, 0.717) is 5.69 Å². The van der Waals surface area contributed by atoms with Gasteiger partial charge in [-0.3, -0.25) is 10.1 Å². The molecule has 0 saturated carbocycles. The van der Waals surface area contributed by atoms with Crippen molar-refractivity contribution in [3.63, 3.8) is 0 Å². The smallest absolute Gasteiger partial charge is 0.292 e. The first-order chi connectivity index (χ1) is 10.0. The Bertz CT molecular complexity index is 656. The molecule has 5 nitrogen and oxygen atoms in total. The lowest BCUT2D eigenvalue weighted by molar-refractivity contribution is -0.384. The molecular formula is C16H18N2O3. The largest absolute Gasteiger partial charge is 0.496 e. The molecule has 5 heteroatoms. The molecule has 2 rings (SSSR count). The monoisotopic (exact) mass is 286 g/mol. The third-order valence-electron chi connectivity index (χ3n) is 3.33. The number of nitrogens with zero attached hydrogens (tertiary/aromatic N) is 1. The molecular weight excluding hydrogens is 268 g/mol. The average molecular weight is 286 g/mol. The predicted octanol–water partition coefficient (Wildman–Crippen LogP) is 4.08. The lowest BCUT2D eigenvalue weighted by Gasteiger charge is -2.18. The van der Waals surface area contributed by atoms with Crippen molar-refractivity contribution in [3.8, 4) is 5.75 Å². The van der Waals surface area contributed by atoms with Gasteiger partial charge in [-0.25, -0.2) is 0 Å². The van der Waals surface area contributed by atoms with Gasteiger partial charge in [0.25, 0.3) is 5.69 Å². The van der Waals surface area contributed by atoms with Gasteiger partial charge in [0.2, 0.25) is 0 Å². The molecule has 21 heavy (non-hydrogen) atoms. The van der Waals surface area contributed by atoms with Gasteiger partial charge in [-0.1, -0.05) is 24.3 Å². The fourth-order valence-corrected chi connectivity index (χ4v) is 2.26. The van der Waals surface area contributed by atoms with Crippen LogP contribution in [0.4, 0.5) is 11.4 Å². The highest BCUT2D eigenvalue weighted by Crippen LogP contribution is 2.32. The molecule has 110 valence electrons. The summed E-state index contributed by atoms with van der Waals surface area (Å²) in [5, 5.41) is 14.3. The first-order valence-electron chi connectivity index (χ1n) is 6.67. The van der Waals surface area contributed by atoms with Crippen molar-refractivity contribution in [2.75, 3.05) is 12.4 Å². The summed E-state index contributed by atoms with van der Waals surface area (Å²) in [6.07, 6.45) is 0. The van der Waals surface area contributed by atoms with Gasteiger partial charge >= 0.3 is 0 Å². The van der Waals surface area contributed by atoms with Gasteiger partial charge in [0.15, 0.2) is 0 Å². The Kier molecular flexibility index (Phi) is 4.42. The second-order valence-electron chi connectivity index (χ2n) is 4.89. The van der Waals surface area contributed by atoms with Crippen LogP contribution in [0.3, 0.4) is 0 Å². The lowest BCUT2D eigenvalue weighted by Crippen LogP contribution is -2.09. The van der Waals surface area contributed by atoms with Crippen LogP contribution in [-0.2, 0) is 0 Å². The van der Waals surface area contributed by atoms with Crippen LogP contribution in [0, 0.1) is 17.0 Å². The van der Waals surface area contributed by atoms with E-state index in [1.807, 2.05) is 38.1 Å². The summed E-state index contributed by atoms with van der Waals surface area (Å²) >= 11 is 0. The van der Waals surface area contributed by atoms with E-state index in [2.05, 4.69) is 5.32 Å². The van der Waals surface area contributed by atoms with Crippen molar-refractivity contribution in [1.82, 2.24) is 0 Å². The minimum atomic E-state index is -0.378. The minimum absolute atomic E-state index is 0.0716. The number of methoxy groups -OCH3 is 1. The molecule has 1 atom stereocenters. The Balaban J connectivity index is 2.33. The van der Waals surface area contributed by atoms with E-state index in [1.54, 1.807) is 19.2 Å². The number of ether oxygens (including phenoxy) is 1. The fraction of sp³-hybridized carbons (Fsp3) is 0.250. The molecule has 0 bridgehead atoms. The predicted molar refractivity (Wildman–Crippen MR) is 82.9 cm³/mol. The molecule has 0 spiro atoms. The summed E-state index contributed by atoms with van der Waals surface area (Å²) in [5.41, 5.74) is 2.51. The van der Waals surface area contributed by atoms with Crippen LogP contribution in [0.1, 0.15) is 24.1 Å². The zero-order valence-corrected chi connectivity index (χ0v) is 12.3. The van der Waals surface area contributed by atoms with Crippen molar-refractivity contribution in [1.29, 1.82) is 0 Å². The summed E-state index contributed by atoms with van der Waals surface area (Å²) in [7, 11) is 1.61. The van der Waals surface area contributed by atoms with Crippen molar-refractivity contribution in [2.24, 2.45) is 0 Å². The van der Waals surface area contributed by atoms with Crippen LogP contribution in [0.25, 0.3) is 0 Å². The first-order valence-corrected chi connectivity index (χ1v) is 6.67. The topological polar surface area (TPSA) is 64.4 Å². The number of nitro benzene ring substituents is 1. The Hall–Kier alpha value is -2.56. The maximum atomic E-state index is 11.1. The zero-order valence-electron chi connectivity index (χ0n) is 12.3. The molecule has 0 amide bonds. The summed E-state index contributed by atoms with van der Waals surface area (Å²) in [4.78, 5) is 10.7. The molecule has 0 aliphatic heterocycles. The highest BCUT2D eigenvalue weighted by atomic mass is 16.6. The second-order valence-corrected chi connectivity index (χ2v) is 4.89. The summed E-state index contributed by atoms with van der Waals surface area (Å²) < 4.78 is 5.33. The van der Waals surface area contributed by atoms with E-state index >= 15 is 0 Å². The number of nitrogens with one attached hydrogen (secondary N) is 1. The van der Waals surface area contributed by atoms with Crippen molar-refractivity contribution < 1.29 is 9.66 Å². The van der Waals surface area contributed by atoms with Crippen LogP contribution in [0.5, 0.6) is 5.75 Å². The zero-order chi connectivity index (χ0) is 15.4. The molecule has 0 heterocycles. The maximum absolute atomic E-state index is 11.1. The number of hydrogen-bond donors (Lipinski definition) is 1. The molecule has 0 aromatic heterocycles. The van der Waals surface area contributed by atoms with Gasteiger partial charge in [0, 0.05) is 11.6 Å². The van der Waals surface area contributed by atoms with Gasteiger partial charge in [-0.05, 0) is 31.5 Å². The first kappa shape index (κ1) is 14.8. The molecule has 2 aromatic rings. The average Bonchev–Trinajstić information content (AvgIpc) is 2.46. The SMILES string of the molecule is COc1ccccc1C(C)Nc1cc(C)ccc1[N+](=O)[O-]. The Morgan fingerprint density at radius 1 is 1.24 bits per heavy atom. The van der Waals surface area contributed by atoms with E-state index < -0.39 is 0 Å². The number of hydrogen-bond acceptors (Lipinski definition) is 4. The number of para-hydroxylation sites is 1. The van der Waals surface area contributed by atoms with E-state index in [1.165, 1.54) is 6.07 Å². The number of benzene rings is 2. The quantitative estimate of drug-likeness (QED) is 0.664. The highest BCUT2D eigenvalue weighted by Gasteiger charge is 2.17. The summed E-state index contributed by atoms with van der Waals surface area (Å²) in [5.74, 6) is 0.757. The third-order valence-corrected chi connectivity index (χ3v) is 3.33. The van der Waals surface area contributed by atoms with Crippen molar-refractivity contribution in [2.45, 2.75) is 19.9 Å². The molecule has 0 saturated heterocycles. The standard InChI is InChI=1S/C16H18N2O3/c1-11-8-9-15(18(19)20)14(10-11)17-12(2)13-6-4-5-7-16(13)21-3/h4-10,12,17H,1-3H3. The van der Waals surface area contributed by atoms with E-state index in [4.69, 9.17) is 4.74 Å². The molecule has 1 N–H and O–H groups in total. The number of rotatable bonds is 5. The number of nitro groups is 1. The minimum Gasteiger partial charge on any atom is -0.496 e. The highest BCUT2D eigenvalue weighted by molar-refractivity contribution is 5.63. The number of aryl methyl sites for hydroxylation is 1. The van der Waals surface area contributed by atoms with E-state index in [-0.39, 0.29) is 16.7 Å². The van der Waals surface area contributed by atoms with Gasteiger partial charge in [-0.2, -0.15) is 0 Å². The van der Waals surface area contributed by atoms with Crippen LogP contribution in [0.15, 0.2) is 42.5 Å². The lowest BCUT2D eigenvalue weighted by atomic mass is 10.1. The van der Waals surface area contributed by atoms with Crippen LogP contribution in [-0.4, -0.2) is 12.0 Å². The maximum Gasteiger partial charge on any atom is 0.292 e. The van der Waals surface area contributed by atoms with Gasteiger partial charge in [0.05, 0.1) is 18.1 Å². The van der Waals surface area contributed by atoms with Crippen molar-refractivity contribution in [3.05, 3.63) is 63.7 Å². The van der Waals surface area contributed by atoms with Crippen LogP contribution < -0.4 is 10.1 Å². The van der Waals surface area contributed by atoms with E-state index in [0.717, 1.165) is 16.9 Å². The Labute approximate surface area is 123 Å². The fourth-order valence-electron chi connectivity index (χ4n) is 2.26. The molecule has 1 unspecified atom stereocenters. The third kappa shape index (κ3) is 3.31. The van der Waals surface area contributed by atoms with E-state index in [9.17, 15) is 10.1 Å². The van der Waals surface area contributed by atoms with Crippen LogP contribution in [0.2, 0.25) is 0 Å². The molecule has 0 aliphatic rings. The van der Waals surface area contributed by atoms with Gasteiger partial charge in [0.1, 0.15) is 11.4 Å². The number of anilines is 1. The Morgan fingerprint density at radius 2 is 1.95 bits per heavy atom. The Morgan fingerprint density at radius 3 is 2.62 bits per heavy atom. The van der Waals surface area contributed by atoms with Crippen molar-refractivity contribution >= 4 is 11.4 Å². The second kappa shape index (κ2) is 6.26. The normalized spacial score (nSPS) is 11.8. The van der Waals surface area contributed by atoms with Gasteiger partial charge < -0.3 is 10.1 Å². The summed E-state index contributed by atoms with van der Waals surface area (Å²) in [6.45, 7) is 3.85. The van der Waals surface area contributed by atoms with Gasteiger partial charge in [-0.15, -0.1) is 0 Å². The van der Waals surface area contributed by atoms with Crippen LogP contribution >= 0.6 is 0 Å².